The van der Waals surface area contributed by atoms with Crippen LogP contribution >= 0.6 is 0 Å². The van der Waals surface area contributed by atoms with Crippen molar-refractivity contribution < 1.29 is 14.7 Å². The van der Waals surface area contributed by atoms with Gasteiger partial charge in [0.2, 0.25) is 5.91 Å². The average molecular weight is 274 g/mol. The third-order valence-electron chi connectivity index (χ3n) is 4.45. The molecule has 1 amide bonds. The second-order valence-corrected chi connectivity index (χ2v) is 5.75. The molecule has 5 heteroatoms. The van der Waals surface area contributed by atoms with Crippen LogP contribution in [0.25, 0.3) is 0 Å². The Morgan fingerprint density at radius 2 is 2.05 bits per heavy atom. The van der Waals surface area contributed by atoms with Crippen LogP contribution in [-0.4, -0.2) is 35.0 Å². The van der Waals surface area contributed by atoms with Crippen molar-refractivity contribution in [2.45, 2.75) is 25.8 Å². The highest BCUT2D eigenvalue weighted by molar-refractivity contribution is 5.88. The summed E-state index contributed by atoms with van der Waals surface area (Å²) in [7, 11) is 0. The summed E-state index contributed by atoms with van der Waals surface area (Å²) in [6.45, 7) is 1.60. The zero-order valence-electron chi connectivity index (χ0n) is 11.3. The van der Waals surface area contributed by atoms with E-state index in [9.17, 15) is 9.59 Å². The van der Waals surface area contributed by atoms with Crippen LogP contribution in [0.5, 0.6) is 0 Å². The van der Waals surface area contributed by atoms with Gasteiger partial charge < -0.3 is 15.7 Å². The number of benzene rings is 1. The predicted octanol–water partition coefficient (Wildman–Crippen LogP) is 1.01. The van der Waals surface area contributed by atoms with E-state index in [2.05, 4.69) is 0 Å². The molecule has 106 valence electrons. The van der Waals surface area contributed by atoms with E-state index in [1.807, 2.05) is 11.0 Å². The van der Waals surface area contributed by atoms with Gasteiger partial charge in [0, 0.05) is 19.6 Å². The normalized spacial score (nSPS) is 19.4. The van der Waals surface area contributed by atoms with E-state index >= 15 is 0 Å². The number of rotatable bonds is 3. The lowest BCUT2D eigenvalue weighted by Crippen LogP contribution is -2.43. The first-order valence-electron chi connectivity index (χ1n) is 6.90. The maximum absolute atomic E-state index is 12.5. The molecule has 5 nitrogen and oxygen atoms in total. The summed E-state index contributed by atoms with van der Waals surface area (Å²) in [6.07, 6.45) is 2.53. The second kappa shape index (κ2) is 4.59. The molecule has 2 aliphatic rings. The molecule has 0 aromatic heterocycles. The smallest absolute Gasteiger partial charge is 0.335 e. The van der Waals surface area contributed by atoms with Gasteiger partial charge in [-0.3, -0.25) is 4.79 Å². The number of amides is 1. The summed E-state index contributed by atoms with van der Waals surface area (Å²) >= 11 is 0. The van der Waals surface area contributed by atoms with Crippen molar-refractivity contribution in [1.29, 1.82) is 0 Å². The number of carbonyl (C=O) groups is 2. The minimum atomic E-state index is -0.933. The molecule has 1 fully saturated rings. The van der Waals surface area contributed by atoms with Crippen molar-refractivity contribution in [1.82, 2.24) is 4.90 Å². The summed E-state index contributed by atoms with van der Waals surface area (Å²) < 4.78 is 0. The number of carboxylic acid groups (broad SMARTS) is 1. The Kier molecular flexibility index (Phi) is 3.01. The number of aromatic carboxylic acids is 1. The molecule has 0 atom stereocenters. The molecule has 0 saturated heterocycles. The Hall–Kier alpha value is -1.88. The minimum Gasteiger partial charge on any atom is -0.478 e. The fourth-order valence-corrected chi connectivity index (χ4v) is 2.86. The van der Waals surface area contributed by atoms with Gasteiger partial charge in [-0.1, -0.05) is 6.07 Å². The van der Waals surface area contributed by atoms with Crippen LogP contribution in [0.2, 0.25) is 0 Å². The molecule has 0 bridgehead atoms. The molecule has 1 aliphatic heterocycles. The molecule has 3 rings (SSSR count). The lowest BCUT2D eigenvalue weighted by atomic mass is 9.95. The van der Waals surface area contributed by atoms with Crippen molar-refractivity contribution in [3.63, 3.8) is 0 Å². The summed E-state index contributed by atoms with van der Waals surface area (Å²) in [5.41, 5.74) is 7.73. The molecule has 1 heterocycles. The van der Waals surface area contributed by atoms with Gasteiger partial charge in [0.15, 0.2) is 0 Å². The van der Waals surface area contributed by atoms with Crippen molar-refractivity contribution in [2.24, 2.45) is 11.1 Å². The predicted molar refractivity (Wildman–Crippen MR) is 73.2 cm³/mol. The maximum Gasteiger partial charge on any atom is 0.335 e. The van der Waals surface area contributed by atoms with Crippen molar-refractivity contribution in [3.05, 3.63) is 34.9 Å². The third kappa shape index (κ3) is 2.08. The molecule has 3 N–H and O–H groups in total. The Balaban J connectivity index is 1.82. The van der Waals surface area contributed by atoms with Crippen LogP contribution < -0.4 is 5.73 Å². The Morgan fingerprint density at radius 1 is 1.30 bits per heavy atom. The zero-order chi connectivity index (χ0) is 14.3. The summed E-state index contributed by atoms with van der Waals surface area (Å²) in [5, 5.41) is 9.04. The van der Waals surface area contributed by atoms with Gasteiger partial charge in [-0.05, 0) is 42.5 Å². The number of nitrogens with two attached hydrogens (primary N) is 1. The largest absolute Gasteiger partial charge is 0.478 e. The van der Waals surface area contributed by atoms with E-state index in [-0.39, 0.29) is 16.9 Å². The van der Waals surface area contributed by atoms with E-state index in [1.165, 1.54) is 0 Å². The second-order valence-electron chi connectivity index (χ2n) is 5.75. The molecular weight excluding hydrogens is 256 g/mol. The van der Waals surface area contributed by atoms with Gasteiger partial charge in [0.05, 0.1) is 11.0 Å². The minimum absolute atomic E-state index is 0.131. The summed E-state index contributed by atoms with van der Waals surface area (Å²) in [6, 6.07) is 5.16. The van der Waals surface area contributed by atoms with E-state index in [4.69, 9.17) is 10.8 Å². The maximum atomic E-state index is 12.5. The summed E-state index contributed by atoms with van der Waals surface area (Å²) in [4.78, 5) is 25.3. The Bertz CT molecular complexity index is 578. The molecule has 1 aromatic rings. The topological polar surface area (TPSA) is 83.6 Å². The highest BCUT2D eigenvalue weighted by atomic mass is 16.4. The highest BCUT2D eigenvalue weighted by Crippen LogP contribution is 2.46. The van der Waals surface area contributed by atoms with Gasteiger partial charge in [-0.25, -0.2) is 4.79 Å². The molecule has 20 heavy (non-hydrogen) atoms. The lowest BCUT2D eigenvalue weighted by molar-refractivity contribution is -0.137. The van der Waals surface area contributed by atoms with E-state index in [0.717, 1.165) is 30.4 Å². The third-order valence-corrected chi connectivity index (χ3v) is 4.45. The molecule has 1 aromatic carbocycles. The fourth-order valence-electron chi connectivity index (χ4n) is 2.86. The summed E-state index contributed by atoms with van der Waals surface area (Å²) in [5.74, 6) is -0.803. The SMILES string of the molecule is NCC1(C(=O)N2CCc3ccc(C(=O)O)cc3C2)CC1. The number of hydrogen-bond donors (Lipinski definition) is 2. The Morgan fingerprint density at radius 3 is 2.65 bits per heavy atom. The van der Waals surface area contributed by atoms with Gasteiger partial charge in [-0.15, -0.1) is 0 Å². The molecule has 0 radical (unpaired) electrons. The standard InChI is InChI=1S/C15H18N2O3/c16-9-15(4-5-15)14(20)17-6-3-10-1-2-11(13(18)19)7-12(10)8-17/h1-2,7H,3-6,8-9,16H2,(H,18,19). The molecule has 1 aliphatic carbocycles. The first-order chi connectivity index (χ1) is 9.55. The number of carboxylic acids is 1. The lowest BCUT2D eigenvalue weighted by Gasteiger charge is -2.31. The number of nitrogens with zero attached hydrogens (tertiary/aromatic N) is 1. The molecular formula is C15H18N2O3. The van der Waals surface area contributed by atoms with Crippen molar-refractivity contribution in [2.75, 3.05) is 13.1 Å². The van der Waals surface area contributed by atoms with Crippen LogP contribution in [0, 0.1) is 5.41 Å². The highest BCUT2D eigenvalue weighted by Gasteiger charge is 2.50. The van der Waals surface area contributed by atoms with Crippen LogP contribution in [0.15, 0.2) is 18.2 Å². The van der Waals surface area contributed by atoms with Crippen LogP contribution in [-0.2, 0) is 17.8 Å². The van der Waals surface area contributed by atoms with Crippen LogP contribution in [0.4, 0.5) is 0 Å². The van der Waals surface area contributed by atoms with E-state index < -0.39 is 5.97 Å². The van der Waals surface area contributed by atoms with E-state index in [1.54, 1.807) is 12.1 Å². The zero-order valence-corrected chi connectivity index (χ0v) is 11.3. The van der Waals surface area contributed by atoms with E-state index in [0.29, 0.717) is 19.6 Å². The van der Waals surface area contributed by atoms with Gasteiger partial charge in [0.1, 0.15) is 0 Å². The first kappa shape index (κ1) is 13.1. The van der Waals surface area contributed by atoms with Crippen molar-refractivity contribution >= 4 is 11.9 Å². The Labute approximate surface area is 117 Å². The van der Waals surface area contributed by atoms with Gasteiger partial charge in [0.25, 0.3) is 0 Å². The molecule has 1 saturated carbocycles. The van der Waals surface area contributed by atoms with Gasteiger partial charge in [-0.2, -0.15) is 0 Å². The number of fused-ring (bicyclic) bond motifs is 1. The van der Waals surface area contributed by atoms with Crippen LogP contribution in [0.1, 0.15) is 34.3 Å². The average Bonchev–Trinajstić information content (AvgIpc) is 3.26. The quantitative estimate of drug-likeness (QED) is 0.861. The van der Waals surface area contributed by atoms with Gasteiger partial charge >= 0.3 is 5.97 Å². The monoisotopic (exact) mass is 274 g/mol. The first-order valence-corrected chi connectivity index (χ1v) is 6.90. The number of carbonyl (C=O) groups excluding carboxylic acids is 1. The molecule has 0 spiro atoms. The van der Waals surface area contributed by atoms with Crippen molar-refractivity contribution in [3.8, 4) is 0 Å². The molecule has 0 unspecified atom stereocenters. The fraction of sp³-hybridized carbons (Fsp3) is 0.467. The van der Waals surface area contributed by atoms with Crippen LogP contribution in [0.3, 0.4) is 0 Å². The number of hydrogen-bond acceptors (Lipinski definition) is 3.